The van der Waals surface area contributed by atoms with E-state index in [0.29, 0.717) is 4.88 Å². The second-order valence-corrected chi connectivity index (χ2v) is 4.46. The lowest BCUT2D eigenvalue weighted by molar-refractivity contribution is 0.0694. The number of nitrogens with zero attached hydrogens (tertiary/aromatic N) is 1. The molecular weight excluding hydrogens is 238 g/mol. The Hall–Kier alpha value is -1.88. The van der Waals surface area contributed by atoms with Crippen molar-refractivity contribution in [3.8, 4) is 5.75 Å². The average Bonchev–Trinajstić information content (AvgIpc) is 2.74. The molecule has 0 bridgehead atoms. The van der Waals surface area contributed by atoms with Crippen LogP contribution in [0.4, 0.5) is 0 Å². The molecule has 5 heteroatoms. The summed E-state index contributed by atoms with van der Waals surface area (Å²) in [6.45, 7) is 2.21. The van der Waals surface area contributed by atoms with Gasteiger partial charge in [0, 0.05) is 0 Å². The van der Waals surface area contributed by atoms with Gasteiger partial charge in [-0.25, -0.2) is 4.79 Å². The Morgan fingerprint density at radius 1 is 1.53 bits per heavy atom. The zero-order valence-corrected chi connectivity index (χ0v) is 10.0. The molecule has 17 heavy (non-hydrogen) atoms. The molecule has 0 amide bonds. The molecule has 0 fully saturated rings. The van der Waals surface area contributed by atoms with Gasteiger partial charge in [0.05, 0.1) is 16.6 Å². The van der Waals surface area contributed by atoms with E-state index in [4.69, 9.17) is 9.84 Å². The maximum Gasteiger partial charge on any atom is 0.338 e. The molecule has 4 nitrogen and oxygen atoms in total. The van der Waals surface area contributed by atoms with Gasteiger partial charge in [0.25, 0.3) is 0 Å². The molecule has 0 spiro atoms. The van der Waals surface area contributed by atoms with E-state index in [1.165, 1.54) is 6.20 Å². The van der Waals surface area contributed by atoms with Crippen LogP contribution in [0, 0.1) is 6.92 Å². The van der Waals surface area contributed by atoms with E-state index in [2.05, 4.69) is 4.37 Å². The SMILES string of the molecule is Cc1cccc(OCc2sncc2C(=O)O)c1. The maximum absolute atomic E-state index is 10.9. The Bertz CT molecular complexity index is 536. The van der Waals surface area contributed by atoms with E-state index in [0.717, 1.165) is 22.8 Å². The largest absolute Gasteiger partial charge is 0.488 e. The minimum atomic E-state index is -0.971. The summed E-state index contributed by atoms with van der Waals surface area (Å²) in [4.78, 5) is 11.5. The number of carboxylic acid groups (broad SMARTS) is 1. The van der Waals surface area contributed by atoms with Gasteiger partial charge in [-0.3, -0.25) is 0 Å². The summed E-state index contributed by atoms with van der Waals surface area (Å²) in [6, 6.07) is 7.62. The number of aryl methyl sites for hydroxylation is 1. The number of aromatic nitrogens is 1. The predicted octanol–water partition coefficient (Wildman–Crippen LogP) is 2.73. The Balaban J connectivity index is 2.07. The molecule has 1 aromatic carbocycles. The van der Waals surface area contributed by atoms with Crippen LogP contribution in [0.15, 0.2) is 30.5 Å². The third-order valence-corrected chi connectivity index (χ3v) is 3.00. The Morgan fingerprint density at radius 2 is 2.35 bits per heavy atom. The van der Waals surface area contributed by atoms with E-state index in [-0.39, 0.29) is 12.2 Å². The van der Waals surface area contributed by atoms with Gasteiger partial charge < -0.3 is 9.84 Å². The summed E-state index contributed by atoms with van der Waals surface area (Å²) in [7, 11) is 0. The first-order valence-electron chi connectivity index (χ1n) is 5.03. The van der Waals surface area contributed by atoms with Crippen LogP contribution >= 0.6 is 11.5 Å². The molecule has 0 saturated carbocycles. The van der Waals surface area contributed by atoms with Crippen molar-refractivity contribution in [2.45, 2.75) is 13.5 Å². The first-order chi connectivity index (χ1) is 8.16. The summed E-state index contributed by atoms with van der Waals surface area (Å²) in [6.07, 6.45) is 1.35. The first kappa shape index (κ1) is 11.6. The van der Waals surface area contributed by atoms with Gasteiger partial charge in [-0.2, -0.15) is 4.37 Å². The van der Waals surface area contributed by atoms with Crippen molar-refractivity contribution < 1.29 is 14.6 Å². The number of hydrogen-bond acceptors (Lipinski definition) is 4. The highest BCUT2D eigenvalue weighted by molar-refractivity contribution is 7.06. The number of ether oxygens (including phenoxy) is 1. The number of benzene rings is 1. The van der Waals surface area contributed by atoms with Crippen LogP contribution in [0.25, 0.3) is 0 Å². The second kappa shape index (κ2) is 4.97. The third-order valence-electron chi connectivity index (χ3n) is 2.23. The molecule has 0 unspecified atom stereocenters. The number of aromatic carboxylic acids is 1. The van der Waals surface area contributed by atoms with Crippen molar-refractivity contribution in [3.63, 3.8) is 0 Å². The minimum absolute atomic E-state index is 0.211. The molecular formula is C12H11NO3S. The quantitative estimate of drug-likeness (QED) is 0.905. The van der Waals surface area contributed by atoms with E-state index in [1.54, 1.807) is 0 Å². The van der Waals surface area contributed by atoms with Crippen LogP contribution in [-0.4, -0.2) is 15.4 Å². The summed E-state index contributed by atoms with van der Waals surface area (Å²) in [5, 5.41) is 8.91. The molecule has 0 aliphatic heterocycles. The Labute approximate surface area is 103 Å². The van der Waals surface area contributed by atoms with Crippen LogP contribution in [-0.2, 0) is 6.61 Å². The maximum atomic E-state index is 10.9. The van der Waals surface area contributed by atoms with Crippen molar-refractivity contribution >= 4 is 17.5 Å². The molecule has 0 atom stereocenters. The molecule has 88 valence electrons. The molecule has 2 aromatic rings. The standard InChI is InChI=1S/C12H11NO3S/c1-8-3-2-4-9(5-8)16-7-11-10(12(14)15)6-13-17-11/h2-6H,7H2,1H3,(H,14,15). The van der Waals surface area contributed by atoms with Gasteiger partial charge in [0.1, 0.15) is 12.4 Å². The van der Waals surface area contributed by atoms with Crippen LogP contribution in [0.3, 0.4) is 0 Å². The minimum Gasteiger partial charge on any atom is -0.488 e. The summed E-state index contributed by atoms with van der Waals surface area (Å²) >= 11 is 1.15. The number of rotatable bonds is 4. The fourth-order valence-electron chi connectivity index (χ4n) is 1.40. The van der Waals surface area contributed by atoms with E-state index >= 15 is 0 Å². The van der Waals surface area contributed by atoms with Crippen LogP contribution in [0.2, 0.25) is 0 Å². The van der Waals surface area contributed by atoms with Crippen molar-refractivity contribution in [1.82, 2.24) is 4.37 Å². The highest BCUT2D eigenvalue weighted by Crippen LogP contribution is 2.18. The topological polar surface area (TPSA) is 59.4 Å². The third kappa shape index (κ3) is 2.82. The molecule has 1 N–H and O–H groups in total. The van der Waals surface area contributed by atoms with Gasteiger partial charge in [-0.15, -0.1) is 0 Å². The van der Waals surface area contributed by atoms with Gasteiger partial charge >= 0.3 is 5.97 Å². The number of carboxylic acids is 1. The highest BCUT2D eigenvalue weighted by atomic mass is 32.1. The molecule has 2 rings (SSSR count). The lowest BCUT2D eigenvalue weighted by Gasteiger charge is -2.05. The zero-order chi connectivity index (χ0) is 12.3. The van der Waals surface area contributed by atoms with E-state index < -0.39 is 5.97 Å². The average molecular weight is 249 g/mol. The zero-order valence-electron chi connectivity index (χ0n) is 9.21. The molecule has 1 heterocycles. The van der Waals surface area contributed by atoms with Gasteiger partial charge in [0.15, 0.2) is 0 Å². The molecule has 0 aliphatic carbocycles. The molecule has 0 saturated heterocycles. The monoisotopic (exact) mass is 249 g/mol. The Morgan fingerprint density at radius 3 is 3.06 bits per heavy atom. The summed E-state index contributed by atoms with van der Waals surface area (Å²) in [5.41, 5.74) is 1.31. The van der Waals surface area contributed by atoms with Crippen molar-refractivity contribution in [2.75, 3.05) is 0 Å². The van der Waals surface area contributed by atoms with E-state index in [1.807, 2.05) is 31.2 Å². The normalized spacial score (nSPS) is 10.2. The van der Waals surface area contributed by atoms with Crippen molar-refractivity contribution in [1.29, 1.82) is 0 Å². The lowest BCUT2D eigenvalue weighted by atomic mass is 10.2. The predicted molar refractivity (Wildman–Crippen MR) is 64.6 cm³/mol. The fraction of sp³-hybridized carbons (Fsp3) is 0.167. The summed E-state index contributed by atoms with van der Waals surface area (Å²) < 4.78 is 9.38. The van der Waals surface area contributed by atoms with Crippen molar-refractivity contribution in [3.05, 3.63) is 46.5 Å². The fourth-order valence-corrected chi connectivity index (χ4v) is 2.03. The van der Waals surface area contributed by atoms with Gasteiger partial charge in [-0.05, 0) is 36.2 Å². The van der Waals surface area contributed by atoms with Gasteiger partial charge in [-0.1, -0.05) is 12.1 Å². The summed E-state index contributed by atoms with van der Waals surface area (Å²) in [5.74, 6) is -0.240. The Kier molecular flexibility index (Phi) is 3.39. The number of hydrogen-bond donors (Lipinski definition) is 1. The van der Waals surface area contributed by atoms with Crippen molar-refractivity contribution in [2.24, 2.45) is 0 Å². The first-order valence-corrected chi connectivity index (χ1v) is 5.80. The van der Waals surface area contributed by atoms with Crippen LogP contribution in [0.5, 0.6) is 5.75 Å². The molecule has 0 radical (unpaired) electrons. The smallest absolute Gasteiger partial charge is 0.338 e. The van der Waals surface area contributed by atoms with E-state index in [9.17, 15) is 4.79 Å². The van der Waals surface area contributed by atoms with Crippen LogP contribution in [0.1, 0.15) is 20.8 Å². The second-order valence-electron chi connectivity index (χ2n) is 3.57. The van der Waals surface area contributed by atoms with Gasteiger partial charge in [0.2, 0.25) is 0 Å². The lowest BCUT2D eigenvalue weighted by Crippen LogP contribution is -2.01. The van der Waals surface area contributed by atoms with Crippen LogP contribution < -0.4 is 4.74 Å². The highest BCUT2D eigenvalue weighted by Gasteiger charge is 2.13. The number of carbonyl (C=O) groups is 1. The molecule has 0 aliphatic rings. The molecule has 1 aromatic heterocycles.